The minimum atomic E-state index is 0.135. The maximum absolute atomic E-state index is 8.64. The first-order valence-corrected chi connectivity index (χ1v) is 5.32. The van der Waals surface area contributed by atoms with Crippen molar-refractivity contribution in [3.05, 3.63) is 27.2 Å². The number of halogens is 2. The van der Waals surface area contributed by atoms with Crippen LogP contribution in [0.3, 0.4) is 0 Å². The molecular formula is C10H9BrClNO2. The Morgan fingerprint density at radius 3 is 2.87 bits per heavy atom. The van der Waals surface area contributed by atoms with Crippen LogP contribution in [0.1, 0.15) is 5.56 Å². The van der Waals surface area contributed by atoms with Gasteiger partial charge in [0.2, 0.25) is 0 Å². The van der Waals surface area contributed by atoms with Crippen molar-refractivity contribution < 1.29 is 9.47 Å². The van der Waals surface area contributed by atoms with Gasteiger partial charge in [-0.1, -0.05) is 11.6 Å². The fourth-order valence-corrected chi connectivity index (χ4v) is 1.59. The zero-order chi connectivity index (χ0) is 11.3. The van der Waals surface area contributed by atoms with E-state index in [4.69, 9.17) is 26.3 Å². The van der Waals surface area contributed by atoms with Gasteiger partial charge in [-0.15, -0.1) is 0 Å². The summed E-state index contributed by atoms with van der Waals surface area (Å²) < 4.78 is 10.8. The van der Waals surface area contributed by atoms with Crippen molar-refractivity contribution in [2.45, 2.75) is 6.42 Å². The molecule has 0 fully saturated rings. The molecule has 5 heteroatoms. The molecule has 0 radical (unpaired) electrons. The molecule has 0 heterocycles. The predicted molar refractivity (Wildman–Crippen MR) is 61.0 cm³/mol. The van der Waals surface area contributed by atoms with Crippen molar-refractivity contribution in [2.75, 3.05) is 13.9 Å². The summed E-state index contributed by atoms with van der Waals surface area (Å²) in [5.41, 5.74) is 0.783. The largest absolute Gasteiger partial charge is 0.467 e. The molecule has 1 aromatic rings. The van der Waals surface area contributed by atoms with Gasteiger partial charge in [-0.05, 0) is 22.0 Å². The lowest BCUT2D eigenvalue weighted by Gasteiger charge is -2.10. The molecule has 0 unspecified atom stereocenters. The van der Waals surface area contributed by atoms with Gasteiger partial charge in [0.25, 0.3) is 0 Å². The topological polar surface area (TPSA) is 42.2 Å². The summed E-state index contributed by atoms with van der Waals surface area (Å²) in [6, 6.07) is 5.50. The molecule has 0 spiro atoms. The molecule has 0 saturated carbocycles. The Labute approximate surface area is 102 Å². The van der Waals surface area contributed by atoms with Crippen molar-refractivity contribution in [1.29, 1.82) is 5.26 Å². The van der Waals surface area contributed by atoms with E-state index < -0.39 is 0 Å². The maximum Gasteiger partial charge on any atom is 0.188 e. The van der Waals surface area contributed by atoms with Gasteiger partial charge in [-0.2, -0.15) is 5.26 Å². The molecule has 1 aromatic carbocycles. The number of benzene rings is 1. The lowest BCUT2D eigenvalue weighted by molar-refractivity contribution is 0.0505. The number of nitriles is 1. The highest BCUT2D eigenvalue weighted by Gasteiger charge is 2.08. The van der Waals surface area contributed by atoms with Gasteiger partial charge in [0, 0.05) is 23.2 Å². The van der Waals surface area contributed by atoms with Gasteiger partial charge in [-0.3, -0.25) is 0 Å². The van der Waals surface area contributed by atoms with Crippen LogP contribution in [0.15, 0.2) is 16.6 Å². The van der Waals surface area contributed by atoms with Crippen molar-refractivity contribution in [1.82, 2.24) is 0 Å². The van der Waals surface area contributed by atoms with E-state index >= 15 is 0 Å². The van der Waals surface area contributed by atoms with Gasteiger partial charge in [-0.25, -0.2) is 0 Å². The lowest BCUT2D eigenvalue weighted by Crippen LogP contribution is -2.01. The smallest absolute Gasteiger partial charge is 0.188 e. The van der Waals surface area contributed by atoms with Crippen LogP contribution in [-0.4, -0.2) is 13.9 Å². The van der Waals surface area contributed by atoms with Crippen LogP contribution in [-0.2, 0) is 11.2 Å². The highest BCUT2D eigenvalue weighted by molar-refractivity contribution is 9.10. The van der Waals surface area contributed by atoms with Crippen molar-refractivity contribution in [3.63, 3.8) is 0 Å². The van der Waals surface area contributed by atoms with E-state index in [9.17, 15) is 0 Å². The van der Waals surface area contributed by atoms with E-state index in [1.165, 1.54) is 7.11 Å². The maximum atomic E-state index is 8.64. The minimum Gasteiger partial charge on any atom is -0.467 e. The SMILES string of the molecule is COCOc1cc(Cl)c(Br)cc1CC#N. The summed E-state index contributed by atoms with van der Waals surface area (Å²) in [6.07, 6.45) is 0.273. The zero-order valence-electron chi connectivity index (χ0n) is 8.09. The molecule has 1 rings (SSSR count). The second-order valence-corrected chi connectivity index (χ2v) is 4.02. The number of hydrogen-bond donors (Lipinski definition) is 0. The van der Waals surface area contributed by atoms with E-state index in [2.05, 4.69) is 22.0 Å². The van der Waals surface area contributed by atoms with Gasteiger partial charge in [0.1, 0.15) is 5.75 Å². The Morgan fingerprint density at radius 2 is 2.27 bits per heavy atom. The fourth-order valence-electron chi connectivity index (χ4n) is 1.05. The molecule has 0 saturated heterocycles. The number of nitrogens with zero attached hydrogens (tertiary/aromatic N) is 1. The third-order valence-electron chi connectivity index (χ3n) is 1.71. The molecule has 0 aliphatic rings. The van der Waals surface area contributed by atoms with Gasteiger partial charge in [0.05, 0.1) is 17.5 Å². The van der Waals surface area contributed by atoms with Gasteiger partial charge in [0.15, 0.2) is 6.79 Å². The van der Waals surface area contributed by atoms with Crippen LogP contribution in [0, 0.1) is 11.3 Å². The van der Waals surface area contributed by atoms with Crippen molar-refractivity contribution in [3.8, 4) is 11.8 Å². The van der Waals surface area contributed by atoms with Crippen molar-refractivity contribution in [2.24, 2.45) is 0 Å². The Morgan fingerprint density at radius 1 is 1.53 bits per heavy atom. The van der Waals surface area contributed by atoms with Crippen molar-refractivity contribution >= 4 is 27.5 Å². The normalized spacial score (nSPS) is 9.73. The number of methoxy groups -OCH3 is 1. The zero-order valence-corrected chi connectivity index (χ0v) is 10.4. The highest BCUT2D eigenvalue weighted by atomic mass is 79.9. The Hall–Kier alpha value is -0.760. The van der Waals surface area contributed by atoms with Crippen LogP contribution in [0.5, 0.6) is 5.75 Å². The van der Waals surface area contributed by atoms with E-state index in [0.717, 1.165) is 10.0 Å². The third kappa shape index (κ3) is 3.38. The molecule has 0 N–H and O–H groups in total. The van der Waals surface area contributed by atoms with Crippen LogP contribution >= 0.6 is 27.5 Å². The summed E-state index contributed by atoms with van der Waals surface area (Å²) in [5, 5.41) is 9.19. The molecule has 0 amide bonds. The molecule has 80 valence electrons. The molecule has 0 aliphatic heterocycles. The predicted octanol–water partition coefficient (Wildman–Crippen LogP) is 3.15. The molecule has 15 heavy (non-hydrogen) atoms. The average molecular weight is 291 g/mol. The molecule has 0 atom stereocenters. The summed E-state index contributed by atoms with van der Waals surface area (Å²) in [6.45, 7) is 0.135. The van der Waals surface area contributed by atoms with Crippen LogP contribution in [0.25, 0.3) is 0 Å². The minimum absolute atomic E-state index is 0.135. The summed E-state index contributed by atoms with van der Waals surface area (Å²) in [4.78, 5) is 0. The number of hydrogen-bond acceptors (Lipinski definition) is 3. The Balaban J connectivity index is 3.00. The molecule has 0 aliphatic carbocycles. The van der Waals surface area contributed by atoms with Crippen LogP contribution in [0.2, 0.25) is 5.02 Å². The third-order valence-corrected chi connectivity index (χ3v) is 2.90. The first-order valence-electron chi connectivity index (χ1n) is 4.15. The standard InChI is InChI=1S/C10H9BrClNO2/c1-14-6-15-10-5-9(12)8(11)4-7(10)2-3-13/h4-5H,2,6H2,1H3. The molecular weight excluding hydrogens is 281 g/mol. The molecule has 0 aromatic heterocycles. The monoisotopic (exact) mass is 289 g/mol. The number of rotatable bonds is 4. The quantitative estimate of drug-likeness (QED) is 0.800. The average Bonchev–Trinajstić information content (AvgIpc) is 2.21. The second-order valence-electron chi connectivity index (χ2n) is 2.76. The van der Waals surface area contributed by atoms with E-state index in [-0.39, 0.29) is 13.2 Å². The van der Waals surface area contributed by atoms with Crippen LogP contribution in [0.4, 0.5) is 0 Å². The van der Waals surface area contributed by atoms with E-state index in [1.807, 2.05) is 0 Å². The highest BCUT2D eigenvalue weighted by Crippen LogP contribution is 2.31. The summed E-state index contributed by atoms with van der Waals surface area (Å²) in [5.74, 6) is 0.576. The van der Waals surface area contributed by atoms with E-state index in [0.29, 0.717) is 10.8 Å². The first-order chi connectivity index (χ1) is 7.19. The Kier molecular flexibility index (Phi) is 4.89. The lowest BCUT2D eigenvalue weighted by atomic mass is 10.1. The summed E-state index contributed by atoms with van der Waals surface area (Å²) in [7, 11) is 1.53. The molecule has 3 nitrogen and oxygen atoms in total. The number of ether oxygens (including phenoxy) is 2. The fraction of sp³-hybridized carbons (Fsp3) is 0.300. The van der Waals surface area contributed by atoms with Gasteiger partial charge >= 0.3 is 0 Å². The molecule has 0 bridgehead atoms. The second kappa shape index (κ2) is 5.96. The van der Waals surface area contributed by atoms with Gasteiger partial charge < -0.3 is 9.47 Å². The van der Waals surface area contributed by atoms with E-state index in [1.54, 1.807) is 12.1 Å². The first kappa shape index (κ1) is 12.3. The summed E-state index contributed by atoms with van der Waals surface area (Å²) >= 11 is 9.20. The van der Waals surface area contributed by atoms with Crippen LogP contribution < -0.4 is 4.74 Å². The Bertz CT molecular complexity index is 390.